The predicted molar refractivity (Wildman–Crippen MR) is 92.1 cm³/mol. The maximum absolute atomic E-state index is 12.4. The maximum Gasteiger partial charge on any atom is 0.329 e. The van der Waals surface area contributed by atoms with Gasteiger partial charge in [0.1, 0.15) is 10.5 Å². The minimum Gasteiger partial charge on any atom is -0.314 e. The molecule has 2 aromatic heterocycles. The van der Waals surface area contributed by atoms with Crippen molar-refractivity contribution in [2.45, 2.75) is 4.90 Å². The van der Waals surface area contributed by atoms with E-state index in [-0.39, 0.29) is 22.5 Å². The molecule has 0 spiro atoms. The highest BCUT2D eigenvalue weighted by molar-refractivity contribution is 7.89. The van der Waals surface area contributed by atoms with Gasteiger partial charge >= 0.3 is 5.69 Å². The average Bonchev–Trinajstić information content (AvgIpc) is 2.60. The SMILES string of the molecule is Cn1c(=O)[nH]c(=O)c2cc(S(=O)(=O)NCCN3CCNCC3)cnc21. The van der Waals surface area contributed by atoms with E-state index in [1.165, 1.54) is 13.1 Å². The highest BCUT2D eigenvalue weighted by atomic mass is 32.2. The third kappa shape index (κ3) is 3.79. The van der Waals surface area contributed by atoms with E-state index in [0.717, 1.165) is 36.9 Å². The van der Waals surface area contributed by atoms with Gasteiger partial charge in [-0.1, -0.05) is 0 Å². The van der Waals surface area contributed by atoms with Gasteiger partial charge in [-0.2, -0.15) is 0 Å². The van der Waals surface area contributed by atoms with Crippen molar-refractivity contribution in [3.05, 3.63) is 33.1 Å². The summed E-state index contributed by atoms with van der Waals surface area (Å²) in [5.41, 5.74) is -1.13. The fraction of sp³-hybridized carbons (Fsp3) is 0.500. The Morgan fingerprint density at radius 1 is 1.28 bits per heavy atom. The molecular formula is C14H20N6O4S. The van der Waals surface area contributed by atoms with Crippen molar-refractivity contribution in [1.29, 1.82) is 0 Å². The number of nitrogens with one attached hydrogen (secondary N) is 3. The summed E-state index contributed by atoms with van der Waals surface area (Å²) in [6.45, 7) is 4.41. The van der Waals surface area contributed by atoms with E-state index in [1.54, 1.807) is 0 Å². The smallest absolute Gasteiger partial charge is 0.314 e. The highest BCUT2D eigenvalue weighted by Gasteiger charge is 2.18. The van der Waals surface area contributed by atoms with Crippen LogP contribution in [0.3, 0.4) is 0 Å². The number of hydrogen-bond acceptors (Lipinski definition) is 7. The summed E-state index contributed by atoms with van der Waals surface area (Å²) in [6.07, 6.45) is 1.15. The standard InChI is InChI=1S/C14H20N6O4S/c1-19-12-11(13(21)18-14(19)22)8-10(9-16-12)25(23,24)17-4-7-20-5-2-15-3-6-20/h8-9,15,17H,2-7H2,1H3,(H,18,21,22). The second-order valence-corrected chi connectivity index (χ2v) is 7.62. The average molecular weight is 368 g/mol. The number of piperazine rings is 1. The topological polar surface area (TPSA) is 129 Å². The van der Waals surface area contributed by atoms with Crippen molar-refractivity contribution in [2.75, 3.05) is 39.3 Å². The third-order valence-corrected chi connectivity index (χ3v) is 5.60. The molecule has 0 saturated carbocycles. The molecule has 3 rings (SSSR count). The maximum atomic E-state index is 12.4. The number of nitrogens with zero attached hydrogens (tertiary/aromatic N) is 3. The Morgan fingerprint density at radius 3 is 2.72 bits per heavy atom. The number of pyridine rings is 1. The predicted octanol–water partition coefficient (Wildman–Crippen LogP) is -2.19. The normalized spacial score (nSPS) is 16.4. The van der Waals surface area contributed by atoms with E-state index < -0.39 is 21.3 Å². The lowest BCUT2D eigenvalue weighted by Gasteiger charge is -2.27. The lowest BCUT2D eigenvalue weighted by atomic mass is 10.3. The molecule has 0 amide bonds. The summed E-state index contributed by atoms with van der Waals surface area (Å²) < 4.78 is 28.5. The first-order valence-corrected chi connectivity index (χ1v) is 9.38. The Bertz CT molecular complexity index is 991. The molecule has 25 heavy (non-hydrogen) atoms. The summed E-state index contributed by atoms with van der Waals surface area (Å²) in [5, 5.41) is 3.28. The first-order chi connectivity index (χ1) is 11.9. The number of aromatic amines is 1. The molecule has 0 aliphatic carbocycles. The molecule has 1 aliphatic heterocycles. The zero-order chi connectivity index (χ0) is 18.0. The van der Waals surface area contributed by atoms with Crippen LogP contribution in [-0.4, -0.2) is 67.1 Å². The first kappa shape index (κ1) is 17.7. The first-order valence-electron chi connectivity index (χ1n) is 7.90. The molecule has 2 aromatic rings. The van der Waals surface area contributed by atoms with Gasteiger partial charge < -0.3 is 5.32 Å². The second-order valence-electron chi connectivity index (χ2n) is 5.85. The van der Waals surface area contributed by atoms with Crippen LogP contribution in [0.2, 0.25) is 0 Å². The number of fused-ring (bicyclic) bond motifs is 1. The molecule has 136 valence electrons. The Morgan fingerprint density at radius 2 is 2.00 bits per heavy atom. The number of H-pyrrole nitrogens is 1. The molecule has 11 heteroatoms. The minimum atomic E-state index is -3.79. The Labute approximate surface area is 143 Å². The fourth-order valence-electron chi connectivity index (χ4n) is 2.72. The highest BCUT2D eigenvalue weighted by Crippen LogP contribution is 2.12. The molecule has 3 heterocycles. The van der Waals surface area contributed by atoms with Crippen LogP contribution in [0.15, 0.2) is 26.7 Å². The quantitative estimate of drug-likeness (QED) is 0.546. The van der Waals surface area contributed by atoms with Gasteiger partial charge in [0.05, 0.1) is 5.39 Å². The van der Waals surface area contributed by atoms with Crippen molar-refractivity contribution in [3.63, 3.8) is 0 Å². The van der Waals surface area contributed by atoms with E-state index in [4.69, 9.17) is 0 Å². The van der Waals surface area contributed by atoms with Gasteiger partial charge in [-0.15, -0.1) is 0 Å². The molecule has 0 unspecified atom stereocenters. The summed E-state index contributed by atoms with van der Waals surface area (Å²) >= 11 is 0. The molecule has 0 aromatic carbocycles. The van der Waals surface area contributed by atoms with Gasteiger partial charge in [0, 0.05) is 52.5 Å². The van der Waals surface area contributed by atoms with E-state index in [2.05, 4.69) is 24.9 Å². The molecule has 0 radical (unpaired) electrons. The van der Waals surface area contributed by atoms with Crippen molar-refractivity contribution >= 4 is 21.1 Å². The van der Waals surface area contributed by atoms with Gasteiger partial charge in [-0.25, -0.2) is 22.9 Å². The van der Waals surface area contributed by atoms with Crippen LogP contribution in [-0.2, 0) is 17.1 Å². The number of sulfonamides is 1. The Hall–Kier alpha value is -2.08. The summed E-state index contributed by atoms with van der Waals surface area (Å²) in [5.74, 6) is 0. The van der Waals surface area contributed by atoms with Gasteiger partial charge in [0.25, 0.3) is 5.56 Å². The van der Waals surface area contributed by atoms with Gasteiger partial charge in [0.15, 0.2) is 0 Å². The van der Waals surface area contributed by atoms with Crippen LogP contribution in [0, 0.1) is 0 Å². The lowest BCUT2D eigenvalue weighted by molar-refractivity contribution is 0.245. The summed E-state index contributed by atoms with van der Waals surface area (Å²) in [6, 6.07) is 1.23. The Balaban J connectivity index is 1.80. The van der Waals surface area contributed by atoms with Crippen molar-refractivity contribution in [3.8, 4) is 0 Å². The molecule has 0 bridgehead atoms. The molecule has 1 saturated heterocycles. The van der Waals surface area contributed by atoms with Crippen molar-refractivity contribution < 1.29 is 8.42 Å². The van der Waals surface area contributed by atoms with E-state index in [1.807, 2.05) is 0 Å². The van der Waals surface area contributed by atoms with E-state index in [9.17, 15) is 18.0 Å². The van der Waals surface area contributed by atoms with Gasteiger partial charge in [-0.05, 0) is 6.07 Å². The van der Waals surface area contributed by atoms with Crippen LogP contribution < -0.4 is 21.3 Å². The second kappa shape index (κ2) is 7.04. The largest absolute Gasteiger partial charge is 0.329 e. The molecule has 1 aliphatic rings. The summed E-state index contributed by atoms with van der Waals surface area (Å²) in [7, 11) is -2.34. The molecule has 10 nitrogen and oxygen atoms in total. The fourth-order valence-corrected chi connectivity index (χ4v) is 3.71. The van der Waals surface area contributed by atoms with E-state index >= 15 is 0 Å². The lowest BCUT2D eigenvalue weighted by Crippen LogP contribution is -2.46. The van der Waals surface area contributed by atoms with Crippen LogP contribution in [0.4, 0.5) is 0 Å². The van der Waals surface area contributed by atoms with Crippen LogP contribution in [0.25, 0.3) is 11.0 Å². The summed E-state index contributed by atoms with van der Waals surface area (Å²) in [4.78, 5) is 31.6. The molecule has 1 fully saturated rings. The van der Waals surface area contributed by atoms with Crippen LogP contribution >= 0.6 is 0 Å². The van der Waals surface area contributed by atoms with Gasteiger partial charge in [0.2, 0.25) is 10.0 Å². The monoisotopic (exact) mass is 368 g/mol. The molecule has 3 N–H and O–H groups in total. The van der Waals surface area contributed by atoms with E-state index in [0.29, 0.717) is 6.54 Å². The molecule has 0 atom stereocenters. The molecular weight excluding hydrogens is 348 g/mol. The van der Waals surface area contributed by atoms with Crippen LogP contribution in [0.5, 0.6) is 0 Å². The number of hydrogen-bond donors (Lipinski definition) is 3. The zero-order valence-corrected chi connectivity index (χ0v) is 14.6. The zero-order valence-electron chi connectivity index (χ0n) is 13.8. The Kier molecular flexibility index (Phi) is 4.99. The van der Waals surface area contributed by atoms with Gasteiger partial charge in [-0.3, -0.25) is 19.2 Å². The van der Waals surface area contributed by atoms with Crippen molar-refractivity contribution in [2.24, 2.45) is 7.05 Å². The third-order valence-electron chi connectivity index (χ3n) is 4.17. The van der Waals surface area contributed by atoms with Crippen molar-refractivity contribution in [1.82, 2.24) is 29.5 Å². The number of aryl methyl sites for hydroxylation is 1. The number of rotatable bonds is 5. The van der Waals surface area contributed by atoms with Crippen LogP contribution in [0.1, 0.15) is 0 Å². The number of aromatic nitrogens is 3. The minimum absolute atomic E-state index is 0.0482.